The maximum absolute atomic E-state index is 12.1. The first-order valence-corrected chi connectivity index (χ1v) is 6.46. The predicted octanol–water partition coefficient (Wildman–Crippen LogP) is 1.76. The Hall–Kier alpha value is -2.47. The van der Waals surface area contributed by atoms with Crippen LogP contribution in [0.3, 0.4) is 0 Å². The normalized spacial score (nSPS) is 10.0. The van der Waals surface area contributed by atoms with Gasteiger partial charge in [-0.15, -0.1) is 0 Å². The van der Waals surface area contributed by atoms with Gasteiger partial charge in [-0.05, 0) is 30.3 Å². The minimum Gasteiger partial charge on any atom is -0.496 e. The molecule has 2 N–H and O–H groups in total. The van der Waals surface area contributed by atoms with Crippen molar-refractivity contribution < 1.29 is 14.3 Å². The van der Waals surface area contributed by atoms with Gasteiger partial charge in [0.2, 0.25) is 0 Å². The van der Waals surface area contributed by atoms with E-state index in [4.69, 9.17) is 16.3 Å². The molecule has 0 bridgehead atoms. The molecular weight excluding hydrogens is 294 g/mol. The molecule has 21 heavy (non-hydrogen) atoms. The van der Waals surface area contributed by atoms with Gasteiger partial charge in [0, 0.05) is 18.3 Å². The third kappa shape index (κ3) is 3.35. The quantitative estimate of drug-likeness (QED) is 0.849. The lowest BCUT2D eigenvalue weighted by molar-refractivity contribution is 0.0840. The second-order valence-corrected chi connectivity index (χ2v) is 4.69. The fraction of sp³-hybridized carbons (Fsp3) is 0.143. The first-order chi connectivity index (χ1) is 10.0. The number of nitrogens with zero attached hydrogens (tertiary/aromatic N) is 1. The van der Waals surface area contributed by atoms with Crippen LogP contribution in [0.4, 0.5) is 0 Å². The molecule has 110 valence electrons. The highest BCUT2D eigenvalue weighted by Crippen LogP contribution is 2.22. The second-order valence-electron chi connectivity index (χ2n) is 4.26. The molecule has 2 aromatic rings. The molecule has 7 heteroatoms. The second kappa shape index (κ2) is 6.32. The lowest BCUT2D eigenvalue weighted by Crippen LogP contribution is -2.42. The van der Waals surface area contributed by atoms with E-state index in [0.29, 0.717) is 16.5 Å². The zero-order chi connectivity index (χ0) is 15.4. The first-order valence-electron chi connectivity index (χ1n) is 6.08. The molecule has 0 spiro atoms. The SMILES string of the molecule is COc1ccc(Cl)cc1C(=O)NNC(=O)c1cccn1C. The molecule has 1 aromatic carbocycles. The van der Waals surface area contributed by atoms with Crippen molar-refractivity contribution in [3.63, 3.8) is 0 Å². The number of hydrogen-bond donors (Lipinski definition) is 2. The summed E-state index contributed by atoms with van der Waals surface area (Å²) >= 11 is 5.86. The Balaban J connectivity index is 2.07. The van der Waals surface area contributed by atoms with Gasteiger partial charge >= 0.3 is 0 Å². The van der Waals surface area contributed by atoms with Crippen LogP contribution in [0.2, 0.25) is 5.02 Å². The number of halogens is 1. The topological polar surface area (TPSA) is 72.4 Å². The number of nitrogens with one attached hydrogen (secondary N) is 2. The summed E-state index contributed by atoms with van der Waals surface area (Å²) in [5, 5.41) is 0.398. The van der Waals surface area contributed by atoms with Gasteiger partial charge in [-0.3, -0.25) is 20.4 Å². The van der Waals surface area contributed by atoms with Crippen LogP contribution in [0.25, 0.3) is 0 Å². The number of amides is 2. The summed E-state index contributed by atoms with van der Waals surface area (Å²) in [4.78, 5) is 23.9. The van der Waals surface area contributed by atoms with E-state index < -0.39 is 11.8 Å². The van der Waals surface area contributed by atoms with Gasteiger partial charge in [0.25, 0.3) is 11.8 Å². The van der Waals surface area contributed by atoms with Crippen molar-refractivity contribution in [2.24, 2.45) is 7.05 Å². The zero-order valence-corrected chi connectivity index (χ0v) is 12.3. The molecule has 0 radical (unpaired) electrons. The highest BCUT2D eigenvalue weighted by Gasteiger charge is 2.15. The molecule has 0 aliphatic heterocycles. The molecule has 0 unspecified atom stereocenters. The van der Waals surface area contributed by atoms with Gasteiger partial charge < -0.3 is 9.30 Å². The van der Waals surface area contributed by atoms with Crippen LogP contribution in [0.5, 0.6) is 5.75 Å². The highest BCUT2D eigenvalue weighted by atomic mass is 35.5. The molecule has 6 nitrogen and oxygen atoms in total. The number of rotatable bonds is 3. The van der Waals surface area contributed by atoms with E-state index in [2.05, 4.69) is 10.9 Å². The van der Waals surface area contributed by atoms with Gasteiger partial charge in [0.15, 0.2) is 0 Å². The molecule has 0 fully saturated rings. The molecule has 2 rings (SSSR count). The number of ether oxygens (including phenoxy) is 1. The Labute approximate surface area is 126 Å². The lowest BCUT2D eigenvalue weighted by Gasteiger charge is -2.11. The van der Waals surface area contributed by atoms with Crippen LogP contribution in [0.1, 0.15) is 20.8 Å². The molecule has 2 amide bonds. The predicted molar refractivity (Wildman–Crippen MR) is 78.3 cm³/mol. The standard InChI is InChI=1S/C14H14ClN3O3/c1-18-7-3-4-11(18)14(20)17-16-13(19)10-8-9(15)5-6-12(10)21-2/h3-8H,1-2H3,(H,16,19)(H,17,20). The van der Waals surface area contributed by atoms with E-state index in [1.807, 2.05) is 0 Å². The maximum atomic E-state index is 12.1. The zero-order valence-electron chi connectivity index (χ0n) is 11.5. The highest BCUT2D eigenvalue weighted by molar-refractivity contribution is 6.31. The molecular formula is C14H14ClN3O3. The number of aromatic nitrogens is 1. The number of aryl methyl sites for hydroxylation is 1. The van der Waals surface area contributed by atoms with Crippen molar-refractivity contribution in [3.05, 3.63) is 52.8 Å². The Morgan fingerprint density at radius 1 is 1.19 bits per heavy atom. The van der Waals surface area contributed by atoms with E-state index in [-0.39, 0.29) is 5.56 Å². The van der Waals surface area contributed by atoms with Crippen molar-refractivity contribution in [1.82, 2.24) is 15.4 Å². The third-order valence-electron chi connectivity index (χ3n) is 2.87. The number of carbonyl (C=O) groups is 2. The largest absolute Gasteiger partial charge is 0.496 e. The van der Waals surface area contributed by atoms with Gasteiger partial charge in [0.1, 0.15) is 11.4 Å². The van der Waals surface area contributed by atoms with E-state index in [1.165, 1.54) is 13.2 Å². The fourth-order valence-corrected chi connectivity index (χ4v) is 1.97. The van der Waals surface area contributed by atoms with Crippen molar-refractivity contribution in [2.45, 2.75) is 0 Å². The fourth-order valence-electron chi connectivity index (χ4n) is 1.80. The molecule has 0 atom stereocenters. The summed E-state index contributed by atoms with van der Waals surface area (Å²) in [5.74, 6) is -0.571. The van der Waals surface area contributed by atoms with Crippen LogP contribution in [0.15, 0.2) is 36.5 Å². The summed E-state index contributed by atoms with van der Waals surface area (Å²) in [7, 11) is 3.18. The Kier molecular flexibility index (Phi) is 4.49. The lowest BCUT2D eigenvalue weighted by atomic mass is 10.2. The van der Waals surface area contributed by atoms with Crippen LogP contribution in [-0.4, -0.2) is 23.5 Å². The minimum atomic E-state index is -0.517. The Bertz CT molecular complexity index is 682. The maximum Gasteiger partial charge on any atom is 0.286 e. The summed E-state index contributed by atoms with van der Waals surface area (Å²) < 4.78 is 6.72. The average Bonchev–Trinajstić information content (AvgIpc) is 2.90. The molecule has 0 aliphatic carbocycles. The Morgan fingerprint density at radius 2 is 1.90 bits per heavy atom. The summed E-state index contributed by atoms with van der Waals surface area (Å²) in [6.07, 6.45) is 1.73. The monoisotopic (exact) mass is 307 g/mol. The van der Waals surface area contributed by atoms with Crippen LogP contribution >= 0.6 is 11.6 Å². The number of hydrogen-bond acceptors (Lipinski definition) is 3. The number of benzene rings is 1. The molecule has 0 saturated carbocycles. The number of carbonyl (C=O) groups excluding carboxylic acids is 2. The van der Waals surface area contributed by atoms with Crippen LogP contribution in [0, 0.1) is 0 Å². The van der Waals surface area contributed by atoms with Crippen LogP contribution < -0.4 is 15.6 Å². The van der Waals surface area contributed by atoms with E-state index in [0.717, 1.165) is 0 Å². The van der Waals surface area contributed by atoms with E-state index >= 15 is 0 Å². The smallest absolute Gasteiger partial charge is 0.286 e. The number of methoxy groups -OCH3 is 1. The van der Waals surface area contributed by atoms with Gasteiger partial charge in [-0.2, -0.15) is 0 Å². The Morgan fingerprint density at radius 3 is 2.52 bits per heavy atom. The number of hydrazine groups is 1. The van der Waals surface area contributed by atoms with E-state index in [1.54, 1.807) is 42.1 Å². The minimum absolute atomic E-state index is 0.234. The van der Waals surface area contributed by atoms with Crippen molar-refractivity contribution in [1.29, 1.82) is 0 Å². The van der Waals surface area contributed by atoms with E-state index in [9.17, 15) is 9.59 Å². The summed E-state index contributed by atoms with van der Waals surface area (Å²) in [6, 6.07) is 8.03. The molecule has 1 aromatic heterocycles. The molecule has 0 saturated heterocycles. The third-order valence-corrected chi connectivity index (χ3v) is 3.11. The first kappa shape index (κ1) is 14.9. The van der Waals surface area contributed by atoms with Crippen molar-refractivity contribution in [3.8, 4) is 5.75 Å². The van der Waals surface area contributed by atoms with Gasteiger partial charge in [0.05, 0.1) is 12.7 Å². The summed E-state index contributed by atoms with van der Waals surface area (Å²) in [5.41, 5.74) is 5.32. The van der Waals surface area contributed by atoms with Crippen molar-refractivity contribution in [2.75, 3.05) is 7.11 Å². The summed E-state index contributed by atoms with van der Waals surface area (Å²) in [6.45, 7) is 0. The van der Waals surface area contributed by atoms with Gasteiger partial charge in [-0.1, -0.05) is 11.6 Å². The molecule has 1 heterocycles. The van der Waals surface area contributed by atoms with Crippen LogP contribution in [-0.2, 0) is 7.05 Å². The average molecular weight is 308 g/mol. The van der Waals surface area contributed by atoms with Crippen molar-refractivity contribution >= 4 is 23.4 Å². The molecule has 0 aliphatic rings. The van der Waals surface area contributed by atoms with Gasteiger partial charge in [-0.25, -0.2) is 0 Å².